The average molecular weight is 461 g/mol. The first kappa shape index (κ1) is 21.4. The summed E-state index contributed by atoms with van der Waals surface area (Å²) >= 11 is 6.10. The van der Waals surface area contributed by atoms with Gasteiger partial charge in [-0.15, -0.1) is 0 Å². The summed E-state index contributed by atoms with van der Waals surface area (Å²) in [5.74, 6) is -0.307. The van der Waals surface area contributed by atoms with Gasteiger partial charge in [0.1, 0.15) is 25.2 Å². The maximum atomic E-state index is 15.1. The van der Waals surface area contributed by atoms with Crippen LogP contribution in [-0.2, 0) is 14.4 Å². The van der Waals surface area contributed by atoms with E-state index in [9.17, 15) is 0 Å². The van der Waals surface area contributed by atoms with Gasteiger partial charge in [0.05, 0.1) is 16.9 Å². The number of oxime groups is 2. The smallest absolute Gasteiger partial charge is 0.280 e. The number of hydrogen-bond donors (Lipinski definition) is 1. The number of aliphatic imine (C=N–C) groups is 1. The fourth-order valence-corrected chi connectivity index (χ4v) is 2.98. The van der Waals surface area contributed by atoms with Crippen LogP contribution in [0, 0.1) is 0 Å². The predicted octanol–water partition coefficient (Wildman–Crippen LogP) is 3.60. The molecule has 2 aromatic carbocycles. The molecular weight excluding hydrogens is 443 g/mol. The number of benzene rings is 2. The number of nitrogens with zero attached hydrogens (tertiary/aromatic N) is 3. The zero-order valence-electron chi connectivity index (χ0n) is 16.8. The fraction of sp³-hybridized carbons (Fsp3) is 0.190. The molecule has 4 rings (SSSR count). The molecule has 0 fully saturated rings. The van der Waals surface area contributed by atoms with Crippen LogP contribution in [0.5, 0.6) is 11.5 Å². The van der Waals surface area contributed by atoms with Crippen molar-refractivity contribution >= 4 is 29.5 Å². The molecule has 166 valence electrons. The summed E-state index contributed by atoms with van der Waals surface area (Å²) in [6.45, 7) is 0.610. The van der Waals surface area contributed by atoms with E-state index in [4.69, 9.17) is 35.5 Å². The molecule has 2 heterocycles. The molecule has 0 spiro atoms. The van der Waals surface area contributed by atoms with Crippen LogP contribution in [0.3, 0.4) is 0 Å². The lowest BCUT2D eigenvalue weighted by Gasteiger charge is -2.22. The first-order valence-corrected chi connectivity index (χ1v) is 9.85. The van der Waals surface area contributed by atoms with Crippen molar-refractivity contribution in [2.45, 2.75) is 6.23 Å². The lowest BCUT2D eigenvalue weighted by atomic mass is 10.1. The number of nitrogens with one attached hydrogen (secondary N) is 1. The largest absolute Gasteiger partial charge is 0.470 e. The number of halogens is 2. The maximum absolute atomic E-state index is 15.1. The van der Waals surface area contributed by atoms with Gasteiger partial charge >= 0.3 is 0 Å². The van der Waals surface area contributed by atoms with Crippen LogP contribution in [0.25, 0.3) is 0 Å². The minimum atomic E-state index is -1.32. The molecule has 2 aliphatic rings. The number of para-hydroxylation sites is 2. The van der Waals surface area contributed by atoms with Crippen LogP contribution in [0.2, 0.25) is 5.02 Å². The molecule has 1 N–H and O–H groups in total. The fourth-order valence-electron chi connectivity index (χ4n) is 2.81. The molecule has 2 aromatic rings. The van der Waals surface area contributed by atoms with Gasteiger partial charge in [0.15, 0.2) is 12.3 Å². The monoisotopic (exact) mass is 460 g/mol. The molecule has 0 aromatic heterocycles. The molecule has 0 amide bonds. The van der Waals surface area contributed by atoms with Gasteiger partial charge in [-0.05, 0) is 29.4 Å². The van der Waals surface area contributed by atoms with E-state index in [1.54, 1.807) is 48.5 Å². The highest BCUT2D eigenvalue weighted by Gasteiger charge is 2.28. The summed E-state index contributed by atoms with van der Waals surface area (Å²) < 4.78 is 32.1. The quantitative estimate of drug-likeness (QED) is 0.501. The van der Waals surface area contributed by atoms with Crippen molar-refractivity contribution in [1.29, 1.82) is 0 Å². The van der Waals surface area contributed by atoms with Gasteiger partial charge in [-0.25, -0.2) is 4.99 Å². The van der Waals surface area contributed by atoms with E-state index in [1.165, 1.54) is 13.4 Å². The lowest BCUT2D eigenvalue weighted by Crippen LogP contribution is -2.31. The van der Waals surface area contributed by atoms with Crippen molar-refractivity contribution < 1.29 is 28.3 Å². The van der Waals surface area contributed by atoms with Crippen molar-refractivity contribution in [2.24, 2.45) is 15.3 Å². The van der Waals surface area contributed by atoms with E-state index in [-0.39, 0.29) is 29.0 Å². The van der Waals surface area contributed by atoms with E-state index in [0.29, 0.717) is 23.8 Å². The van der Waals surface area contributed by atoms with Crippen LogP contribution >= 0.6 is 11.6 Å². The molecule has 0 saturated carbocycles. The standard InChI is InChI=1S/C21H18ClFN4O5/c1-28-26-18(21-27-30-11-10-29-21)13-6-2-4-8-15(13)31-19-17(23)20(25-12-24-19)32-16-9-5-3-7-14(16)22/h2-9,12,19H,10-11H2,1H3,(H,24,25)/b26-18+. The molecule has 2 aliphatic heterocycles. The van der Waals surface area contributed by atoms with Gasteiger partial charge in [-0.3, -0.25) is 0 Å². The Kier molecular flexibility index (Phi) is 6.71. The Morgan fingerprint density at radius 3 is 2.69 bits per heavy atom. The summed E-state index contributed by atoms with van der Waals surface area (Å²) in [5.41, 5.74) is 0.659. The van der Waals surface area contributed by atoms with E-state index < -0.39 is 12.1 Å². The zero-order valence-corrected chi connectivity index (χ0v) is 17.6. The molecule has 32 heavy (non-hydrogen) atoms. The molecule has 0 saturated heterocycles. The Morgan fingerprint density at radius 2 is 1.94 bits per heavy atom. The Bertz CT molecular complexity index is 1110. The highest BCUT2D eigenvalue weighted by molar-refractivity contribution is 6.45. The van der Waals surface area contributed by atoms with Crippen LogP contribution < -0.4 is 14.8 Å². The summed E-state index contributed by atoms with van der Waals surface area (Å²) in [6, 6.07) is 13.5. The molecule has 1 unspecified atom stereocenters. The third-order valence-corrected chi connectivity index (χ3v) is 4.53. The van der Waals surface area contributed by atoms with Gasteiger partial charge in [-0.1, -0.05) is 41.0 Å². The number of hydrogen-bond acceptors (Lipinski definition) is 9. The highest BCUT2D eigenvalue weighted by atomic mass is 35.5. The van der Waals surface area contributed by atoms with Crippen molar-refractivity contribution in [2.75, 3.05) is 20.3 Å². The van der Waals surface area contributed by atoms with Crippen molar-refractivity contribution in [3.05, 3.63) is 70.8 Å². The topological polar surface area (TPSA) is 95.3 Å². The summed E-state index contributed by atoms with van der Waals surface area (Å²) in [5, 5.41) is 10.8. The second kappa shape index (κ2) is 10.0. The van der Waals surface area contributed by atoms with Crippen LogP contribution in [-0.4, -0.2) is 44.5 Å². The molecule has 1 atom stereocenters. The van der Waals surface area contributed by atoms with Crippen molar-refractivity contribution in [1.82, 2.24) is 5.32 Å². The van der Waals surface area contributed by atoms with Crippen LogP contribution in [0.4, 0.5) is 4.39 Å². The predicted molar refractivity (Wildman–Crippen MR) is 116 cm³/mol. The Balaban J connectivity index is 1.61. The second-order valence-corrected chi connectivity index (χ2v) is 6.71. The van der Waals surface area contributed by atoms with Gasteiger partial charge in [-0.2, -0.15) is 4.39 Å². The minimum absolute atomic E-state index is 0.113. The number of rotatable bonds is 7. The van der Waals surface area contributed by atoms with Gasteiger partial charge in [0.25, 0.3) is 5.90 Å². The Morgan fingerprint density at radius 1 is 1.16 bits per heavy atom. The third kappa shape index (κ3) is 4.75. The highest BCUT2D eigenvalue weighted by Crippen LogP contribution is 2.29. The number of ether oxygens (including phenoxy) is 3. The van der Waals surface area contributed by atoms with Gasteiger partial charge in [0, 0.05) is 0 Å². The molecule has 0 bridgehead atoms. The second-order valence-electron chi connectivity index (χ2n) is 6.30. The lowest BCUT2D eigenvalue weighted by molar-refractivity contribution is 0.0672. The van der Waals surface area contributed by atoms with Crippen LogP contribution in [0.15, 0.2) is 75.5 Å². The van der Waals surface area contributed by atoms with E-state index >= 15 is 4.39 Å². The SMILES string of the molecule is CO/N=C(/C1=NOCCO1)c1ccccc1OC1N=CNC(Oc2ccccc2Cl)=C1F. The molecular formula is C21H18ClFN4O5. The normalized spacial score (nSPS) is 18.2. The Hall–Kier alpha value is -3.79. The van der Waals surface area contributed by atoms with E-state index in [1.807, 2.05) is 0 Å². The molecule has 9 nitrogen and oxygen atoms in total. The first-order chi connectivity index (χ1) is 15.7. The Labute approximate surface area is 187 Å². The van der Waals surface area contributed by atoms with Crippen molar-refractivity contribution in [3.8, 4) is 11.5 Å². The van der Waals surface area contributed by atoms with Crippen LogP contribution in [0.1, 0.15) is 5.56 Å². The van der Waals surface area contributed by atoms with E-state index in [0.717, 1.165) is 0 Å². The summed E-state index contributed by atoms with van der Waals surface area (Å²) in [7, 11) is 1.38. The van der Waals surface area contributed by atoms with Crippen molar-refractivity contribution in [3.63, 3.8) is 0 Å². The summed E-state index contributed by atoms with van der Waals surface area (Å²) in [6.07, 6.45) is -0.0429. The van der Waals surface area contributed by atoms with E-state index in [2.05, 4.69) is 20.6 Å². The summed E-state index contributed by atoms with van der Waals surface area (Å²) in [4.78, 5) is 14.0. The zero-order chi connectivity index (χ0) is 22.3. The third-order valence-electron chi connectivity index (χ3n) is 4.21. The van der Waals surface area contributed by atoms with Gasteiger partial charge < -0.3 is 29.2 Å². The first-order valence-electron chi connectivity index (χ1n) is 9.48. The molecule has 11 heteroatoms. The average Bonchev–Trinajstić information content (AvgIpc) is 2.82. The van der Waals surface area contributed by atoms with Gasteiger partial charge in [0.2, 0.25) is 17.9 Å². The minimum Gasteiger partial charge on any atom is -0.470 e. The molecule has 0 aliphatic carbocycles. The maximum Gasteiger partial charge on any atom is 0.280 e. The molecule has 0 radical (unpaired) electrons.